The Morgan fingerprint density at radius 3 is 2.53 bits per heavy atom. The van der Waals surface area contributed by atoms with Crippen LogP contribution in [-0.2, 0) is 0 Å². The van der Waals surface area contributed by atoms with Crippen molar-refractivity contribution in [2.24, 2.45) is 0 Å². The van der Waals surface area contributed by atoms with Gasteiger partial charge in [-0.3, -0.25) is 0 Å². The molecule has 0 bridgehead atoms. The van der Waals surface area contributed by atoms with E-state index in [-0.39, 0.29) is 5.82 Å². The van der Waals surface area contributed by atoms with E-state index in [0.29, 0.717) is 5.56 Å². The van der Waals surface area contributed by atoms with Crippen LogP contribution in [-0.4, -0.2) is 9.48 Å². The van der Waals surface area contributed by atoms with Crippen molar-refractivity contribution >= 4 is 11.5 Å². The quantitative estimate of drug-likeness (QED) is 0.849. The number of nitrogens with zero attached hydrogens (tertiary/aromatic N) is 1. The summed E-state index contributed by atoms with van der Waals surface area (Å²) in [5, 5.41) is 9.94. The molecule has 0 saturated carbocycles. The molecule has 2 nitrogen and oxygen atoms in total. The van der Waals surface area contributed by atoms with E-state index < -0.39 is 6.10 Å². The lowest BCUT2D eigenvalue weighted by molar-refractivity contribution is 0.224. The maximum absolute atomic E-state index is 12.7. The zero-order chi connectivity index (χ0) is 10.8. The molecular weight excluding hydrogens is 213 g/mol. The van der Waals surface area contributed by atoms with Gasteiger partial charge in [-0.25, -0.2) is 4.39 Å². The van der Waals surface area contributed by atoms with Gasteiger partial charge in [0.2, 0.25) is 0 Å². The smallest absolute Gasteiger partial charge is 0.123 e. The summed E-state index contributed by atoms with van der Waals surface area (Å²) in [5.41, 5.74) is 1.57. The fraction of sp³-hybridized carbons (Fsp3) is 0.182. The third-order valence-corrected chi connectivity index (χ3v) is 3.03. The van der Waals surface area contributed by atoms with Crippen LogP contribution in [0, 0.1) is 12.7 Å². The van der Waals surface area contributed by atoms with E-state index in [2.05, 4.69) is 4.37 Å². The molecule has 1 aromatic heterocycles. The SMILES string of the molecule is Cc1cc(C(O)c2ccc(F)cc2)sn1. The lowest BCUT2D eigenvalue weighted by Crippen LogP contribution is -1.96. The van der Waals surface area contributed by atoms with Crippen LogP contribution in [0.3, 0.4) is 0 Å². The van der Waals surface area contributed by atoms with Gasteiger partial charge in [0.15, 0.2) is 0 Å². The van der Waals surface area contributed by atoms with Crippen LogP contribution in [0.1, 0.15) is 22.2 Å². The molecule has 0 saturated heterocycles. The Bertz CT molecular complexity index is 452. The largest absolute Gasteiger partial charge is 0.383 e. The number of aromatic nitrogens is 1. The van der Waals surface area contributed by atoms with Crippen LogP contribution in [0.2, 0.25) is 0 Å². The topological polar surface area (TPSA) is 33.1 Å². The van der Waals surface area contributed by atoms with E-state index >= 15 is 0 Å². The second-order valence-electron chi connectivity index (χ2n) is 3.32. The van der Waals surface area contributed by atoms with E-state index in [1.54, 1.807) is 12.1 Å². The van der Waals surface area contributed by atoms with Crippen LogP contribution in [0.4, 0.5) is 4.39 Å². The first-order chi connectivity index (χ1) is 7.16. The number of aliphatic hydroxyl groups excluding tert-OH is 1. The minimum absolute atomic E-state index is 0.300. The third-order valence-electron chi connectivity index (χ3n) is 2.10. The first-order valence-corrected chi connectivity index (χ1v) is 5.31. The molecule has 2 rings (SSSR count). The van der Waals surface area contributed by atoms with Gasteiger partial charge in [0.1, 0.15) is 11.9 Å². The molecule has 2 aromatic rings. The number of hydrogen-bond acceptors (Lipinski definition) is 3. The Hall–Kier alpha value is -1.26. The zero-order valence-corrected chi connectivity index (χ0v) is 8.96. The van der Waals surface area contributed by atoms with E-state index in [1.807, 2.05) is 13.0 Å². The molecule has 1 aromatic carbocycles. The first-order valence-electron chi connectivity index (χ1n) is 4.53. The highest BCUT2D eigenvalue weighted by molar-refractivity contribution is 7.05. The molecule has 1 unspecified atom stereocenters. The lowest BCUT2D eigenvalue weighted by Gasteiger charge is -2.07. The molecule has 0 spiro atoms. The number of rotatable bonds is 2. The molecule has 4 heteroatoms. The number of aliphatic hydroxyl groups is 1. The molecule has 0 aliphatic heterocycles. The van der Waals surface area contributed by atoms with Gasteiger partial charge in [-0.1, -0.05) is 12.1 Å². The summed E-state index contributed by atoms with van der Waals surface area (Å²) in [4.78, 5) is 0.777. The molecular formula is C11H10FNOS. The van der Waals surface area contributed by atoms with E-state index in [9.17, 15) is 9.50 Å². The predicted molar refractivity (Wildman–Crippen MR) is 57.3 cm³/mol. The van der Waals surface area contributed by atoms with E-state index in [0.717, 1.165) is 10.6 Å². The zero-order valence-electron chi connectivity index (χ0n) is 8.14. The van der Waals surface area contributed by atoms with Crippen LogP contribution >= 0.6 is 11.5 Å². The minimum atomic E-state index is -0.711. The predicted octanol–water partition coefficient (Wildman–Crippen LogP) is 2.67. The molecule has 0 aliphatic rings. The van der Waals surface area contributed by atoms with Crippen molar-refractivity contribution in [1.29, 1.82) is 0 Å². The molecule has 0 radical (unpaired) electrons. The fourth-order valence-corrected chi connectivity index (χ4v) is 2.08. The second-order valence-corrected chi connectivity index (χ2v) is 4.16. The molecule has 1 N–H and O–H groups in total. The van der Waals surface area contributed by atoms with Crippen molar-refractivity contribution in [3.8, 4) is 0 Å². The molecule has 0 fully saturated rings. The first kappa shape index (κ1) is 10.3. The summed E-state index contributed by atoms with van der Waals surface area (Å²) in [7, 11) is 0. The monoisotopic (exact) mass is 223 g/mol. The number of halogens is 1. The highest BCUT2D eigenvalue weighted by atomic mass is 32.1. The highest BCUT2D eigenvalue weighted by Gasteiger charge is 2.12. The maximum atomic E-state index is 12.7. The Morgan fingerprint density at radius 1 is 1.33 bits per heavy atom. The Morgan fingerprint density at radius 2 is 2.00 bits per heavy atom. The van der Waals surface area contributed by atoms with Gasteiger partial charge in [0, 0.05) is 0 Å². The summed E-state index contributed by atoms with van der Waals surface area (Å²) < 4.78 is 16.8. The normalized spacial score (nSPS) is 12.7. The molecule has 1 atom stereocenters. The van der Waals surface area contributed by atoms with Crippen molar-refractivity contribution in [2.75, 3.05) is 0 Å². The number of aryl methyl sites for hydroxylation is 1. The van der Waals surface area contributed by atoms with Gasteiger partial charge in [-0.05, 0) is 42.2 Å². The average molecular weight is 223 g/mol. The van der Waals surface area contributed by atoms with Crippen molar-refractivity contribution in [3.63, 3.8) is 0 Å². The van der Waals surface area contributed by atoms with Crippen LogP contribution in [0.15, 0.2) is 30.3 Å². The van der Waals surface area contributed by atoms with Crippen molar-refractivity contribution in [2.45, 2.75) is 13.0 Å². The van der Waals surface area contributed by atoms with Gasteiger partial charge < -0.3 is 5.11 Å². The van der Waals surface area contributed by atoms with Gasteiger partial charge in [0.25, 0.3) is 0 Å². The molecule has 0 aliphatic carbocycles. The van der Waals surface area contributed by atoms with E-state index in [1.165, 1.54) is 23.7 Å². The lowest BCUT2D eigenvalue weighted by atomic mass is 10.1. The molecule has 0 amide bonds. The molecule has 1 heterocycles. The van der Waals surface area contributed by atoms with E-state index in [4.69, 9.17) is 0 Å². The standard InChI is InChI=1S/C11H10FNOS/c1-7-6-10(15-13-7)11(14)8-2-4-9(12)5-3-8/h2-6,11,14H,1H3. The molecule has 15 heavy (non-hydrogen) atoms. The Balaban J connectivity index is 2.28. The van der Waals surface area contributed by atoms with Gasteiger partial charge in [-0.2, -0.15) is 4.37 Å². The van der Waals surface area contributed by atoms with Crippen LogP contribution in [0.5, 0.6) is 0 Å². The highest BCUT2D eigenvalue weighted by Crippen LogP contribution is 2.25. The Kier molecular flexibility index (Phi) is 2.79. The van der Waals surface area contributed by atoms with Gasteiger partial charge in [-0.15, -0.1) is 0 Å². The second kappa shape index (κ2) is 4.08. The molecule has 78 valence electrons. The summed E-state index contributed by atoms with van der Waals surface area (Å²) >= 11 is 1.26. The number of hydrogen-bond donors (Lipinski definition) is 1. The summed E-state index contributed by atoms with van der Waals surface area (Å²) in [6.07, 6.45) is -0.711. The third kappa shape index (κ3) is 2.22. The van der Waals surface area contributed by atoms with Gasteiger partial charge in [0.05, 0.1) is 10.6 Å². The van der Waals surface area contributed by atoms with Crippen molar-refractivity contribution in [1.82, 2.24) is 4.37 Å². The Labute approximate surface area is 91.2 Å². The summed E-state index contributed by atoms with van der Waals surface area (Å²) in [5.74, 6) is -0.300. The average Bonchev–Trinajstić information content (AvgIpc) is 2.65. The fourth-order valence-electron chi connectivity index (χ4n) is 1.32. The minimum Gasteiger partial charge on any atom is -0.383 e. The summed E-state index contributed by atoms with van der Waals surface area (Å²) in [6, 6.07) is 7.67. The summed E-state index contributed by atoms with van der Waals surface area (Å²) in [6.45, 7) is 1.87. The maximum Gasteiger partial charge on any atom is 0.123 e. The van der Waals surface area contributed by atoms with Crippen LogP contribution in [0.25, 0.3) is 0 Å². The number of benzene rings is 1. The van der Waals surface area contributed by atoms with Crippen molar-refractivity contribution in [3.05, 3.63) is 52.3 Å². The van der Waals surface area contributed by atoms with Gasteiger partial charge >= 0.3 is 0 Å². The van der Waals surface area contributed by atoms with Crippen molar-refractivity contribution < 1.29 is 9.50 Å². The van der Waals surface area contributed by atoms with Crippen LogP contribution < -0.4 is 0 Å².